The fraction of sp³-hybridized carbons (Fsp3) is 0.217. The predicted octanol–water partition coefficient (Wildman–Crippen LogP) is 16.2. The van der Waals surface area contributed by atoms with Crippen molar-refractivity contribution in [1.29, 1.82) is 0 Å². The van der Waals surface area contributed by atoms with Gasteiger partial charge in [0.15, 0.2) is 0 Å². The van der Waals surface area contributed by atoms with E-state index in [-0.39, 0.29) is 6.04 Å². The summed E-state index contributed by atoms with van der Waals surface area (Å²) >= 11 is 1.70. The maximum Gasteiger partial charge on any atom is 0.136 e. The van der Waals surface area contributed by atoms with E-state index < -0.39 is 0 Å². The third-order valence-corrected chi connectivity index (χ3v) is 15.7. The van der Waals surface area contributed by atoms with Crippen LogP contribution >= 0.6 is 11.3 Å². The van der Waals surface area contributed by atoms with Gasteiger partial charge in [0, 0.05) is 85.3 Å². The number of nitrogens with zero attached hydrogens (tertiary/aromatic N) is 1. The van der Waals surface area contributed by atoms with Crippen LogP contribution in [0.3, 0.4) is 0 Å². The molecule has 2 aliphatic carbocycles. The third kappa shape index (κ3) is 14.4. The van der Waals surface area contributed by atoms with Gasteiger partial charge in [-0.1, -0.05) is 124 Å². The third-order valence-electron chi connectivity index (χ3n) is 14.7. The Kier molecular flexibility index (Phi) is 18.7. The molecule has 0 amide bonds. The molecule has 12 aromatic rings. The largest absolute Gasteiger partial charge is 0.462 e. The molecule has 0 bridgehead atoms. The molecule has 0 aliphatic heterocycles. The fourth-order valence-electron chi connectivity index (χ4n) is 10.2. The van der Waals surface area contributed by atoms with Crippen molar-refractivity contribution in [1.82, 2.24) is 9.55 Å². The van der Waals surface area contributed by atoms with Crippen LogP contribution in [0.2, 0.25) is 0 Å². The Morgan fingerprint density at radius 3 is 1.74 bits per heavy atom. The van der Waals surface area contributed by atoms with E-state index in [1.165, 1.54) is 95.0 Å². The zero-order valence-electron chi connectivity index (χ0n) is 47.7. The average molecular weight is 1080 g/mol. The number of furan rings is 1. The SMILES string of the molecule is Cc1ccc2[nH]cc(N)c2c1.Cc1ccc2c(c1)C(N)CC2.Cc1ccc2c(c1)C(N)CCC2.Cc1ccc2c(c1)c(N)cn2C.Cc1ccc2cccc(N)c2c1.Cc1ccc2occ(N)c2c1.Cc1ccc2scc(N)c2c1. The molecule has 2 atom stereocenters. The first-order valence-corrected chi connectivity index (χ1v) is 28.3. The lowest BCUT2D eigenvalue weighted by molar-refractivity contribution is 0.570. The molecule has 4 heterocycles. The minimum atomic E-state index is 0.286. The van der Waals surface area contributed by atoms with Crippen LogP contribution < -0.4 is 40.1 Å². The minimum Gasteiger partial charge on any atom is -0.462 e. The maximum atomic E-state index is 6.02. The molecule has 2 unspecified atom stereocenters. The summed E-state index contributed by atoms with van der Waals surface area (Å²) in [7, 11) is 2.01. The van der Waals surface area contributed by atoms with Crippen molar-refractivity contribution in [2.24, 2.45) is 18.5 Å². The molecule has 0 spiro atoms. The van der Waals surface area contributed by atoms with Gasteiger partial charge in [0.2, 0.25) is 0 Å². The van der Waals surface area contributed by atoms with E-state index >= 15 is 0 Å². The molecule has 14 rings (SSSR count). The Morgan fingerprint density at radius 1 is 0.487 bits per heavy atom. The molecular formula is C69H79N9OS. The number of nitrogen functional groups attached to an aromatic ring is 5. The summed E-state index contributed by atoms with van der Waals surface area (Å²) in [6.45, 7) is 14.6. The molecule has 10 nitrogen and oxygen atoms in total. The predicted molar refractivity (Wildman–Crippen MR) is 346 cm³/mol. The Balaban J connectivity index is 0.000000123. The second-order valence-electron chi connectivity index (χ2n) is 21.5. The molecule has 11 heteroatoms. The number of aromatic amines is 1. The summed E-state index contributed by atoms with van der Waals surface area (Å²) in [5.41, 5.74) is 62.5. The molecule has 0 saturated carbocycles. The summed E-state index contributed by atoms with van der Waals surface area (Å²) in [6.07, 6.45) is 11.2. The van der Waals surface area contributed by atoms with Gasteiger partial charge < -0.3 is 54.1 Å². The smallest absolute Gasteiger partial charge is 0.136 e. The first-order valence-electron chi connectivity index (χ1n) is 27.4. The maximum absolute atomic E-state index is 6.02. The van der Waals surface area contributed by atoms with Gasteiger partial charge in [-0.15, -0.1) is 11.3 Å². The standard InChI is InChI=1S/C11H15N.C11H11N.C10H12N2.C10H13N.C9H10N2.C9H9NO.C9H9NS/c2*1-8-5-6-9-3-2-4-11(12)10(9)7-8;1-7-3-4-10-8(5-7)9(11)6-12(10)2;1-7-2-3-8-4-5-10(11)9(8)6-7;3*1-6-2-3-9-7(4-6)8(10)5-11-9/h5-7,11H,2-4,12H2,1H3;2-7H,12H2,1H3;3-6H,11H2,1-2H3;2-3,6,10H,4-5,11H2,1H3;2-5,11H,10H2,1H3;2*2-5H,10H2,1H3. The van der Waals surface area contributed by atoms with Gasteiger partial charge in [-0.2, -0.15) is 0 Å². The van der Waals surface area contributed by atoms with Gasteiger partial charge in [0.05, 0.1) is 22.7 Å². The number of thiophene rings is 1. The zero-order chi connectivity index (χ0) is 57.2. The number of anilines is 5. The monoisotopic (exact) mass is 1080 g/mol. The van der Waals surface area contributed by atoms with E-state index in [0.29, 0.717) is 11.7 Å². The Morgan fingerprint density at radius 2 is 1.04 bits per heavy atom. The number of hydrogen-bond acceptors (Lipinski definition) is 9. The van der Waals surface area contributed by atoms with Gasteiger partial charge >= 0.3 is 0 Å². The highest BCUT2D eigenvalue weighted by Crippen LogP contribution is 2.32. The molecule has 8 aromatic carbocycles. The van der Waals surface area contributed by atoms with Crippen LogP contribution in [0.5, 0.6) is 0 Å². The quantitative estimate of drug-likeness (QED) is 0.0682. The molecular weight excluding hydrogens is 1000 g/mol. The van der Waals surface area contributed by atoms with Crippen molar-refractivity contribution < 1.29 is 4.42 Å². The number of hydrogen-bond donors (Lipinski definition) is 8. The molecule has 4 aromatic heterocycles. The highest BCUT2D eigenvalue weighted by atomic mass is 32.1. The number of fused-ring (bicyclic) bond motifs is 7. The van der Waals surface area contributed by atoms with Crippen LogP contribution in [0.15, 0.2) is 174 Å². The van der Waals surface area contributed by atoms with Crippen LogP contribution in [0.1, 0.15) is 92.5 Å². The van der Waals surface area contributed by atoms with Gasteiger partial charge in [-0.3, -0.25) is 0 Å². The van der Waals surface area contributed by atoms with Gasteiger partial charge in [0.25, 0.3) is 0 Å². The van der Waals surface area contributed by atoms with Crippen molar-refractivity contribution in [3.63, 3.8) is 0 Å². The lowest BCUT2D eigenvalue weighted by atomic mass is 9.87. The number of H-pyrrole nitrogens is 1. The average Bonchev–Trinajstić information content (AvgIpc) is 4.27. The normalized spacial score (nSPS) is 13.9. The Hall–Kier alpha value is -8.48. The molecule has 0 saturated heterocycles. The van der Waals surface area contributed by atoms with Gasteiger partial charge in [0.1, 0.15) is 11.8 Å². The van der Waals surface area contributed by atoms with E-state index in [9.17, 15) is 0 Å². The van der Waals surface area contributed by atoms with Crippen LogP contribution in [0.25, 0.3) is 53.6 Å². The molecule has 412 valence electrons. The van der Waals surface area contributed by atoms with Crippen molar-refractivity contribution >= 4 is 93.4 Å². The van der Waals surface area contributed by atoms with Gasteiger partial charge in [-0.25, -0.2) is 0 Å². The number of nitrogens with two attached hydrogens (primary N) is 7. The fourth-order valence-corrected chi connectivity index (χ4v) is 11.1. The highest BCUT2D eigenvalue weighted by molar-refractivity contribution is 7.17. The van der Waals surface area contributed by atoms with Crippen molar-refractivity contribution in [2.45, 2.75) is 92.7 Å². The second kappa shape index (κ2) is 26.0. The number of benzene rings is 8. The Bertz CT molecular complexity index is 3860. The summed E-state index contributed by atoms with van der Waals surface area (Å²) < 4.78 is 8.50. The molecule has 15 N–H and O–H groups in total. The summed E-state index contributed by atoms with van der Waals surface area (Å²) in [5, 5.41) is 8.81. The number of nitrogens with one attached hydrogen (secondary N) is 1. The van der Waals surface area contributed by atoms with E-state index in [0.717, 1.165) is 74.7 Å². The minimum absolute atomic E-state index is 0.286. The molecule has 80 heavy (non-hydrogen) atoms. The lowest BCUT2D eigenvalue weighted by Crippen LogP contribution is -2.17. The van der Waals surface area contributed by atoms with Crippen LogP contribution in [0.4, 0.5) is 28.4 Å². The van der Waals surface area contributed by atoms with Crippen LogP contribution in [-0.4, -0.2) is 9.55 Å². The molecule has 2 aliphatic rings. The zero-order valence-corrected chi connectivity index (χ0v) is 48.5. The summed E-state index contributed by atoms with van der Waals surface area (Å²) in [6, 6.07) is 50.9. The number of aromatic nitrogens is 2. The second-order valence-corrected chi connectivity index (χ2v) is 22.4. The molecule has 0 fully saturated rings. The highest BCUT2D eigenvalue weighted by Gasteiger charge is 2.18. The first kappa shape index (κ1) is 57.7. The molecule has 0 radical (unpaired) electrons. The first-order chi connectivity index (χ1) is 38.3. The van der Waals surface area contributed by atoms with Gasteiger partial charge in [-0.05, 0) is 169 Å². The van der Waals surface area contributed by atoms with Crippen LogP contribution in [0, 0.1) is 48.5 Å². The Labute approximate surface area is 475 Å². The van der Waals surface area contributed by atoms with E-state index in [1.54, 1.807) is 17.6 Å². The lowest BCUT2D eigenvalue weighted by Gasteiger charge is -2.22. The summed E-state index contributed by atoms with van der Waals surface area (Å²) in [4.78, 5) is 3.09. The van der Waals surface area contributed by atoms with E-state index in [4.69, 9.17) is 44.6 Å². The van der Waals surface area contributed by atoms with Crippen molar-refractivity contribution in [3.05, 3.63) is 231 Å². The van der Waals surface area contributed by atoms with E-state index in [2.05, 4.69) is 156 Å². The van der Waals surface area contributed by atoms with Crippen LogP contribution in [-0.2, 0) is 19.9 Å². The van der Waals surface area contributed by atoms with Crippen molar-refractivity contribution in [2.75, 3.05) is 28.7 Å². The topological polar surface area (TPSA) is 216 Å². The van der Waals surface area contributed by atoms with Crippen molar-refractivity contribution in [3.8, 4) is 0 Å². The summed E-state index contributed by atoms with van der Waals surface area (Å²) in [5.74, 6) is 0. The number of rotatable bonds is 0. The van der Waals surface area contributed by atoms with E-state index in [1.807, 2.05) is 72.7 Å². The number of aryl methyl sites for hydroxylation is 10.